The minimum absolute atomic E-state index is 0.115. The molecule has 2 fully saturated rings. The van der Waals surface area contributed by atoms with E-state index in [4.69, 9.17) is 4.74 Å². The predicted molar refractivity (Wildman–Crippen MR) is 101 cm³/mol. The number of hydrogen-bond acceptors (Lipinski definition) is 4. The van der Waals surface area contributed by atoms with Gasteiger partial charge in [0.05, 0.1) is 6.10 Å². The van der Waals surface area contributed by atoms with E-state index in [2.05, 4.69) is 4.90 Å². The minimum Gasteiger partial charge on any atom is -0.375 e. The highest BCUT2D eigenvalue weighted by Gasteiger charge is 2.25. The van der Waals surface area contributed by atoms with Crippen molar-refractivity contribution < 1.29 is 14.3 Å². The normalized spacial score (nSPS) is 21.5. The Labute approximate surface area is 156 Å². The monoisotopic (exact) mass is 358 g/mol. The van der Waals surface area contributed by atoms with Gasteiger partial charge in [-0.3, -0.25) is 9.59 Å². The van der Waals surface area contributed by atoms with Gasteiger partial charge in [0.15, 0.2) is 5.78 Å². The summed E-state index contributed by atoms with van der Waals surface area (Å²) in [5.41, 5.74) is 0.730. The molecule has 0 aromatic heterocycles. The van der Waals surface area contributed by atoms with Crippen LogP contribution >= 0.6 is 0 Å². The second kappa shape index (κ2) is 9.83. The molecule has 2 saturated heterocycles. The molecule has 0 aliphatic carbocycles. The quantitative estimate of drug-likeness (QED) is 0.703. The molecule has 1 aromatic rings. The van der Waals surface area contributed by atoms with Gasteiger partial charge in [0.25, 0.3) is 0 Å². The fourth-order valence-electron chi connectivity index (χ4n) is 3.81. The van der Waals surface area contributed by atoms with Gasteiger partial charge in [0.2, 0.25) is 5.91 Å². The first-order valence-corrected chi connectivity index (χ1v) is 9.92. The first kappa shape index (κ1) is 19.1. The van der Waals surface area contributed by atoms with E-state index in [9.17, 15) is 9.59 Å². The first-order chi connectivity index (χ1) is 12.7. The maximum atomic E-state index is 12.6. The Morgan fingerprint density at radius 3 is 2.54 bits per heavy atom. The molecular weight excluding hydrogens is 328 g/mol. The smallest absolute Gasteiger partial charge is 0.222 e. The van der Waals surface area contributed by atoms with Crippen molar-refractivity contribution in [3.8, 4) is 0 Å². The van der Waals surface area contributed by atoms with Gasteiger partial charge < -0.3 is 14.5 Å². The second-order valence-electron chi connectivity index (χ2n) is 7.34. The van der Waals surface area contributed by atoms with E-state index in [1.807, 2.05) is 35.2 Å². The summed E-state index contributed by atoms with van der Waals surface area (Å²) in [5, 5.41) is 0. The van der Waals surface area contributed by atoms with Gasteiger partial charge in [-0.25, -0.2) is 0 Å². The molecule has 0 spiro atoms. The van der Waals surface area contributed by atoms with Gasteiger partial charge >= 0.3 is 0 Å². The number of hydrogen-bond donors (Lipinski definition) is 0. The van der Waals surface area contributed by atoms with Crippen LogP contribution in [0.2, 0.25) is 0 Å². The van der Waals surface area contributed by atoms with Gasteiger partial charge in [0, 0.05) is 44.6 Å². The second-order valence-corrected chi connectivity index (χ2v) is 7.34. The summed E-state index contributed by atoms with van der Waals surface area (Å²) in [5.74, 6) is 0.271. The Kier molecular flexibility index (Phi) is 7.21. The summed E-state index contributed by atoms with van der Waals surface area (Å²) >= 11 is 0. The van der Waals surface area contributed by atoms with Crippen molar-refractivity contribution in [2.45, 2.75) is 44.6 Å². The number of Topliss-reactive ketones (excluding diaryl/α,β-unsaturated/α-hetero) is 1. The highest BCUT2D eigenvalue weighted by molar-refractivity contribution is 5.96. The molecule has 5 nitrogen and oxygen atoms in total. The molecule has 0 N–H and O–H groups in total. The summed E-state index contributed by atoms with van der Waals surface area (Å²) in [4.78, 5) is 29.1. The van der Waals surface area contributed by atoms with E-state index in [1.54, 1.807) is 0 Å². The standard InChI is InChI=1S/C21H30N2O3/c24-20(18-8-2-1-3-9-18)10-6-11-21(25)23-14-7-15-26-19(17-23)16-22-12-4-5-13-22/h1-3,8-9,19H,4-7,10-17H2/t19-/m0/s1. The zero-order chi connectivity index (χ0) is 18.2. The van der Waals surface area contributed by atoms with Crippen LogP contribution in [0.25, 0.3) is 0 Å². The van der Waals surface area contributed by atoms with Gasteiger partial charge in [0.1, 0.15) is 0 Å². The van der Waals surface area contributed by atoms with Crippen molar-refractivity contribution >= 4 is 11.7 Å². The molecule has 5 heteroatoms. The number of likely N-dealkylation sites (tertiary alicyclic amines) is 1. The molecule has 0 radical (unpaired) electrons. The van der Waals surface area contributed by atoms with Gasteiger partial charge in [-0.2, -0.15) is 0 Å². The number of ether oxygens (including phenoxy) is 1. The van der Waals surface area contributed by atoms with Crippen LogP contribution in [0.1, 0.15) is 48.9 Å². The van der Waals surface area contributed by atoms with Crippen LogP contribution in [0.5, 0.6) is 0 Å². The molecule has 1 aromatic carbocycles. The molecule has 2 aliphatic heterocycles. The number of rotatable bonds is 7. The lowest BCUT2D eigenvalue weighted by Gasteiger charge is -2.27. The Bertz CT molecular complexity index is 584. The van der Waals surface area contributed by atoms with Crippen LogP contribution in [0, 0.1) is 0 Å². The lowest BCUT2D eigenvalue weighted by atomic mass is 10.1. The van der Waals surface area contributed by atoms with Crippen LogP contribution in [-0.4, -0.2) is 66.9 Å². The fraction of sp³-hybridized carbons (Fsp3) is 0.619. The summed E-state index contributed by atoms with van der Waals surface area (Å²) < 4.78 is 5.96. The predicted octanol–water partition coefficient (Wildman–Crippen LogP) is 2.75. The Hall–Kier alpha value is -1.72. The van der Waals surface area contributed by atoms with Crippen molar-refractivity contribution in [2.75, 3.05) is 39.3 Å². The van der Waals surface area contributed by atoms with Crippen molar-refractivity contribution in [3.63, 3.8) is 0 Å². The Morgan fingerprint density at radius 1 is 1.00 bits per heavy atom. The average molecular weight is 358 g/mol. The third kappa shape index (κ3) is 5.64. The molecule has 142 valence electrons. The maximum Gasteiger partial charge on any atom is 0.222 e. The molecule has 2 aliphatic rings. The van der Waals surface area contributed by atoms with E-state index in [0.717, 1.165) is 44.8 Å². The Morgan fingerprint density at radius 2 is 1.77 bits per heavy atom. The van der Waals surface area contributed by atoms with E-state index in [-0.39, 0.29) is 17.8 Å². The van der Waals surface area contributed by atoms with Crippen molar-refractivity contribution in [1.82, 2.24) is 9.80 Å². The molecule has 2 heterocycles. The number of carbonyl (C=O) groups is 2. The van der Waals surface area contributed by atoms with Crippen LogP contribution in [0.15, 0.2) is 30.3 Å². The molecule has 0 unspecified atom stereocenters. The van der Waals surface area contributed by atoms with Crippen LogP contribution in [0.4, 0.5) is 0 Å². The third-order valence-corrected chi connectivity index (χ3v) is 5.25. The van der Waals surface area contributed by atoms with Crippen molar-refractivity contribution in [2.24, 2.45) is 0 Å². The van der Waals surface area contributed by atoms with Gasteiger partial charge in [-0.05, 0) is 38.8 Å². The van der Waals surface area contributed by atoms with Crippen LogP contribution < -0.4 is 0 Å². The van der Waals surface area contributed by atoms with Crippen molar-refractivity contribution in [1.29, 1.82) is 0 Å². The number of ketones is 1. The number of amides is 1. The topological polar surface area (TPSA) is 49.9 Å². The maximum absolute atomic E-state index is 12.6. The zero-order valence-electron chi connectivity index (χ0n) is 15.6. The van der Waals surface area contributed by atoms with Crippen LogP contribution in [-0.2, 0) is 9.53 Å². The summed E-state index contributed by atoms with van der Waals surface area (Å²) in [6.45, 7) is 5.40. The molecule has 3 rings (SSSR count). The molecule has 0 saturated carbocycles. The number of carbonyl (C=O) groups excluding carboxylic acids is 2. The average Bonchev–Trinajstić information content (AvgIpc) is 3.06. The molecule has 1 atom stereocenters. The third-order valence-electron chi connectivity index (χ3n) is 5.25. The minimum atomic E-state index is 0.115. The van der Waals surface area contributed by atoms with E-state index in [1.165, 1.54) is 12.8 Å². The molecular formula is C21H30N2O3. The fourth-order valence-corrected chi connectivity index (χ4v) is 3.81. The molecule has 0 bridgehead atoms. The highest BCUT2D eigenvalue weighted by atomic mass is 16.5. The van der Waals surface area contributed by atoms with Crippen molar-refractivity contribution in [3.05, 3.63) is 35.9 Å². The van der Waals surface area contributed by atoms with Crippen LogP contribution in [0.3, 0.4) is 0 Å². The summed E-state index contributed by atoms with van der Waals surface area (Å²) in [7, 11) is 0. The SMILES string of the molecule is O=C(CCCC(=O)N1CCCO[C@@H](CN2CCCC2)C1)c1ccccc1. The largest absolute Gasteiger partial charge is 0.375 e. The van der Waals surface area contributed by atoms with E-state index < -0.39 is 0 Å². The lowest BCUT2D eigenvalue weighted by molar-refractivity contribution is -0.132. The van der Waals surface area contributed by atoms with E-state index >= 15 is 0 Å². The lowest BCUT2D eigenvalue weighted by Crippen LogP contribution is -2.41. The highest BCUT2D eigenvalue weighted by Crippen LogP contribution is 2.14. The van der Waals surface area contributed by atoms with Gasteiger partial charge in [-0.1, -0.05) is 30.3 Å². The Balaban J connectivity index is 1.43. The van der Waals surface area contributed by atoms with Gasteiger partial charge in [-0.15, -0.1) is 0 Å². The number of nitrogens with zero attached hydrogens (tertiary/aromatic N) is 2. The number of benzene rings is 1. The molecule has 1 amide bonds. The van der Waals surface area contributed by atoms with E-state index in [0.29, 0.717) is 25.8 Å². The summed E-state index contributed by atoms with van der Waals surface area (Å²) in [6.07, 6.45) is 5.03. The first-order valence-electron chi connectivity index (χ1n) is 9.92. The summed E-state index contributed by atoms with van der Waals surface area (Å²) in [6, 6.07) is 9.31. The zero-order valence-corrected chi connectivity index (χ0v) is 15.6. The molecule has 26 heavy (non-hydrogen) atoms.